The molecule has 0 atom stereocenters. The molecule has 6 heteroatoms. The van der Waals surface area contributed by atoms with Gasteiger partial charge in [-0.05, 0) is 12.1 Å². The zero-order valence-corrected chi connectivity index (χ0v) is 10.8. The van der Waals surface area contributed by atoms with Crippen molar-refractivity contribution in [2.45, 2.75) is 32.9 Å². The van der Waals surface area contributed by atoms with E-state index < -0.39 is 11.6 Å². The molecule has 2 rings (SSSR count). The van der Waals surface area contributed by atoms with E-state index in [1.807, 2.05) is 13.8 Å². The Morgan fingerprint density at radius 3 is 2.58 bits per heavy atom. The third kappa shape index (κ3) is 3.57. The lowest BCUT2D eigenvalue weighted by Crippen LogP contribution is -2.22. The number of hydrogen-bond donors (Lipinski definition) is 1. The topological polar surface area (TPSA) is 51.0 Å². The van der Waals surface area contributed by atoms with Crippen LogP contribution in [-0.2, 0) is 13.0 Å². The van der Waals surface area contributed by atoms with Gasteiger partial charge in [0.2, 0.25) is 5.89 Å². The van der Waals surface area contributed by atoms with Crippen molar-refractivity contribution in [1.29, 1.82) is 0 Å². The smallest absolute Gasteiger partial charge is 0.231 e. The van der Waals surface area contributed by atoms with Gasteiger partial charge >= 0.3 is 0 Å². The molecule has 102 valence electrons. The summed E-state index contributed by atoms with van der Waals surface area (Å²) < 4.78 is 31.9. The number of hydrogen-bond acceptors (Lipinski definition) is 4. The second-order valence-electron chi connectivity index (χ2n) is 4.52. The quantitative estimate of drug-likeness (QED) is 0.904. The SMILES string of the molecule is CC(C)NCc1noc(Cc2c(F)cccc2F)n1. The Hall–Kier alpha value is -1.82. The molecule has 0 aliphatic carbocycles. The van der Waals surface area contributed by atoms with Crippen LogP contribution in [0.3, 0.4) is 0 Å². The fraction of sp³-hybridized carbons (Fsp3) is 0.385. The molecule has 0 radical (unpaired) electrons. The van der Waals surface area contributed by atoms with Gasteiger partial charge in [0.05, 0.1) is 13.0 Å². The Morgan fingerprint density at radius 2 is 1.95 bits per heavy atom. The van der Waals surface area contributed by atoms with Crippen LogP contribution < -0.4 is 5.32 Å². The first kappa shape index (κ1) is 13.6. The van der Waals surface area contributed by atoms with E-state index in [0.717, 1.165) is 0 Å². The summed E-state index contributed by atoms with van der Waals surface area (Å²) >= 11 is 0. The molecule has 2 aromatic rings. The third-order valence-electron chi connectivity index (χ3n) is 2.57. The van der Waals surface area contributed by atoms with E-state index in [4.69, 9.17) is 4.52 Å². The zero-order valence-electron chi connectivity index (χ0n) is 10.8. The van der Waals surface area contributed by atoms with Crippen molar-refractivity contribution in [3.05, 3.63) is 47.1 Å². The average Bonchev–Trinajstić information content (AvgIpc) is 2.79. The molecule has 0 amide bonds. The van der Waals surface area contributed by atoms with E-state index in [2.05, 4.69) is 15.5 Å². The normalized spacial score (nSPS) is 11.2. The first-order valence-electron chi connectivity index (χ1n) is 6.04. The molecular weight excluding hydrogens is 252 g/mol. The van der Waals surface area contributed by atoms with E-state index in [9.17, 15) is 8.78 Å². The second-order valence-corrected chi connectivity index (χ2v) is 4.52. The van der Waals surface area contributed by atoms with Gasteiger partial charge in [0, 0.05) is 11.6 Å². The van der Waals surface area contributed by atoms with E-state index >= 15 is 0 Å². The number of aromatic nitrogens is 2. The molecule has 1 N–H and O–H groups in total. The fourth-order valence-corrected chi connectivity index (χ4v) is 1.58. The minimum atomic E-state index is -0.611. The molecule has 1 aromatic carbocycles. The van der Waals surface area contributed by atoms with Crippen molar-refractivity contribution in [1.82, 2.24) is 15.5 Å². The van der Waals surface area contributed by atoms with E-state index in [1.54, 1.807) is 0 Å². The van der Waals surface area contributed by atoms with Gasteiger partial charge < -0.3 is 9.84 Å². The van der Waals surface area contributed by atoms with Crippen LogP contribution in [0.25, 0.3) is 0 Å². The van der Waals surface area contributed by atoms with Crippen molar-refractivity contribution >= 4 is 0 Å². The zero-order chi connectivity index (χ0) is 13.8. The maximum absolute atomic E-state index is 13.5. The second kappa shape index (κ2) is 5.88. The predicted molar refractivity (Wildman–Crippen MR) is 65.4 cm³/mol. The lowest BCUT2D eigenvalue weighted by molar-refractivity contribution is 0.373. The Balaban J connectivity index is 2.07. The first-order valence-corrected chi connectivity index (χ1v) is 6.04. The summed E-state index contributed by atoms with van der Waals surface area (Å²) in [5, 5.41) is 6.88. The number of nitrogens with one attached hydrogen (secondary N) is 1. The molecule has 0 aliphatic heterocycles. The van der Waals surface area contributed by atoms with E-state index in [1.165, 1.54) is 18.2 Å². The predicted octanol–water partition coefficient (Wildman–Crippen LogP) is 2.44. The summed E-state index contributed by atoms with van der Waals surface area (Å²) in [5.41, 5.74) is -0.0606. The van der Waals surface area contributed by atoms with Gasteiger partial charge in [-0.2, -0.15) is 4.98 Å². The molecule has 0 saturated carbocycles. The van der Waals surface area contributed by atoms with E-state index in [-0.39, 0.29) is 17.9 Å². The molecule has 1 heterocycles. The standard InChI is InChI=1S/C13H15F2N3O/c1-8(2)16-7-12-17-13(19-18-12)6-9-10(14)4-3-5-11(9)15/h3-5,8,16H,6-7H2,1-2H3. The summed E-state index contributed by atoms with van der Waals surface area (Å²) in [6.45, 7) is 4.45. The van der Waals surface area contributed by atoms with E-state index in [0.29, 0.717) is 18.4 Å². The van der Waals surface area contributed by atoms with Gasteiger partial charge in [0.25, 0.3) is 0 Å². The Labute approximate surface area is 109 Å². The minimum absolute atomic E-state index is 0.0484. The van der Waals surface area contributed by atoms with Gasteiger partial charge in [-0.15, -0.1) is 0 Å². The van der Waals surface area contributed by atoms with Crippen LogP contribution in [0, 0.1) is 11.6 Å². The van der Waals surface area contributed by atoms with Crippen LogP contribution >= 0.6 is 0 Å². The summed E-state index contributed by atoms with van der Waals surface area (Å²) in [4.78, 5) is 4.09. The van der Waals surface area contributed by atoms with Crippen LogP contribution in [0.2, 0.25) is 0 Å². The summed E-state index contributed by atoms with van der Waals surface area (Å²) in [6, 6.07) is 4.03. The minimum Gasteiger partial charge on any atom is -0.339 e. The first-order chi connectivity index (χ1) is 9.06. The fourth-order valence-electron chi connectivity index (χ4n) is 1.58. The Kier molecular flexibility index (Phi) is 4.21. The van der Waals surface area contributed by atoms with Crippen LogP contribution in [-0.4, -0.2) is 16.2 Å². The Bertz CT molecular complexity index is 534. The monoisotopic (exact) mass is 267 g/mol. The average molecular weight is 267 g/mol. The van der Waals surface area contributed by atoms with Crippen molar-refractivity contribution in [2.75, 3.05) is 0 Å². The summed E-state index contributed by atoms with van der Waals surface area (Å²) in [7, 11) is 0. The maximum atomic E-state index is 13.5. The van der Waals surface area contributed by atoms with Gasteiger partial charge in [0.15, 0.2) is 5.82 Å². The van der Waals surface area contributed by atoms with Crippen molar-refractivity contribution in [2.24, 2.45) is 0 Å². The van der Waals surface area contributed by atoms with Crippen molar-refractivity contribution in [3.63, 3.8) is 0 Å². The molecule has 1 aromatic heterocycles. The van der Waals surface area contributed by atoms with Crippen LogP contribution in [0.4, 0.5) is 8.78 Å². The highest BCUT2D eigenvalue weighted by molar-refractivity contribution is 5.22. The lowest BCUT2D eigenvalue weighted by atomic mass is 10.1. The molecule has 0 saturated heterocycles. The molecule has 4 nitrogen and oxygen atoms in total. The highest BCUT2D eigenvalue weighted by Gasteiger charge is 2.14. The Morgan fingerprint density at radius 1 is 1.26 bits per heavy atom. The van der Waals surface area contributed by atoms with Gasteiger partial charge in [-0.25, -0.2) is 8.78 Å². The molecule has 0 aliphatic rings. The van der Waals surface area contributed by atoms with Crippen LogP contribution in [0.1, 0.15) is 31.1 Å². The van der Waals surface area contributed by atoms with Crippen LogP contribution in [0.15, 0.2) is 22.7 Å². The van der Waals surface area contributed by atoms with Gasteiger partial charge in [-0.1, -0.05) is 25.1 Å². The number of halogens is 2. The molecular formula is C13H15F2N3O. The highest BCUT2D eigenvalue weighted by atomic mass is 19.1. The highest BCUT2D eigenvalue weighted by Crippen LogP contribution is 2.15. The summed E-state index contributed by atoms with van der Waals surface area (Å²) in [6.07, 6.45) is -0.0484. The number of rotatable bonds is 5. The molecule has 0 bridgehead atoms. The number of benzene rings is 1. The van der Waals surface area contributed by atoms with Crippen LogP contribution in [0.5, 0.6) is 0 Å². The van der Waals surface area contributed by atoms with Crippen molar-refractivity contribution in [3.8, 4) is 0 Å². The molecule has 19 heavy (non-hydrogen) atoms. The van der Waals surface area contributed by atoms with Gasteiger partial charge in [0.1, 0.15) is 11.6 Å². The molecule has 0 spiro atoms. The number of nitrogens with zero attached hydrogens (tertiary/aromatic N) is 2. The molecule has 0 fully saturated rings. The molecule has 0 unspecified atom stereocenters. The summed E-state index contributed by atoms with van der Waals surface area (Å²) in [5.74, 6) is -0.551. The largest absolute Gasteiger partial charge is 0.339 e. The van der Waals surface area contributed by atoms with Crippen molar-refractivity contribution < 1.29 is 13.3 Å². The lowest BCUT2D eigenvalue weighted by Gasteiger charge is -2.03. The maximum Gasteiger partial charge on any atom is 0.231 e. The third-order valence-corrected chi connectivity index (χ3v) is 2.57. The van der Waals surface area contributed by atoms with Gasteiger partial charge in [-0.3, -0.25) is 0 Å².